The molecule has 0 saturated carbocycles. The van der Waals surface area contributed by atoms with Crippen molar-refractivity contribution in [3.05, 3.63) is 0 Å². The van der Waals surface area contributed by atoms with Crippen LogP contribution in [-0.2, 0) is 4.74 Å². The molecule has 1 aliphatic rings. The van der Waals surface area contributed by atoms with Crippen LogP contribution in [0.15, 0.2) is 0 Å². The van der Waals surface area contributed by atoms with Crippen molar-refractivity contribution in [2.75, 3.05) is 6.61 Å². The molecule has 0 aromatic carbocycles. The minimum atomic E-state index is 0.251. The fraction of sp³-hybridized carbons (Fsp3) is 1.00. The molecule has 1 heterocycles. The molecular weight excluding hydrogens is 200 g/mol. The molecule has 16 heavy (non-hydrogen) atoms. The van der Waals surface area contributed by atoms with Gasteiger partial charge in [0.1, 0.15) is 0 Å². The van der Waals surface area contributed by atoms with E-state index >= 15 is 0 Å². The topological polar surface area (TPSA) is 29.5 Å². The molecule has 5 unspecified atom stereocenters. The first-order valence-electron chi connectivity index (χ1n) is 6.91. The van der Waals surface area contributed by atoms with Gasteiger partial charge in [-0.15, -0.1) is 0 Å². The molecule has 0 spiro atoms. The van der Waals surface area contributed by atoms with Gasteiger partial charge in [0.25, 0.3) is 0 Å². The summed E-state index contributed by atoms with van der Waals surface area (Å²) in [6.07, 6.45) is 4.98. The van der Waals surface area contributed by atoms with Crippen molar-refractivity contribution in [3.8, 4) is 0 Å². The van der Waals surface area contributed by atoms with Crippen molar-refractivity contribution < 1.29 is 9.84 Å². The largest absolute Gasteiger partial charge is 0.396 e. The van der Waals surface area contributed by atoms with Gasteiger partial charge in [0, 0.05) is 6.61 Å². The first-order valence-corrected chi connectivity index (χ1v) is 6.91. The minimum absolute atomic E-state index is 0.251. The van der Waals surface area contributed by atoms with Gasteiger partial charge in [-0.1, -0.05) is 40.5 Å². The highest BCUT2D eigenvalue weighted by atomic mass is 16.5. The van der Waals surface area contributed by atoms with E-state index in [-0.39, 0.29) is 12.7 Å². The molecule has 1 aliphatic heterocycles. The third-order valence-electron chi connectivity index (χ3n) is 4.38. The molecule has 2 nitrogen and oxygen atoms in total. The lowest BCUT2D eigenvalue weighted by Gasteiger charge is -2.45. The molecular formula is C14H28O2. The van der Waals surface area contributed by atoms with Gasteiger partial charge in [0.2, 0.25) is 0 Å². The number of rotatable bonds is 5. The van der Waals surface area contributed by atoms with E-state index in [2.05, 4.69) is 27.7 Å². The molecule has 0 aromatic heterocycles. The van der Waals surface area contributed by atoms with E-state index in [1.165, 1.54) is 6.42 Å². The molecule has 0 aliphatic carbocycles. The van der Waals surface area contributed by atoms with Gasteiger partial charge in [-0.05, 0) is 30.6 Å². The summed E-state index contributed by atoms with van der Waals surface area (Å²) in [6, 6.07) is 0. The second kappa shape index (κ2) is 6.61. The lowest BCUT2D eigenvalue weighted by atomic mass is 9.73. The first kappa shape index (κ1) is 14.0. The van der Waals surface area contributed by atoms with Gasteiger partial charge in [0.05, 0.1) is 12.2 Å². The fourth-order valence-corrected chi connectivity index (χ4v) is 3.18. The second-order valence-corrected chi connectivity index (χ2v) is 5.30. The lowest BCUT2D eigenvalue weighted by Crippen LogP contribution is -2.45. The molecule has 0 bridgehead atoms. The zero-order chi connectivity index (χ0) is 12.1. The van der Waals surface area contributed by atoms with Crippen LogP contribution in [0.2, 0.25) is 0 Å². The van der Waals surface area contributed by atoms with Crippen molar-refractivity contribution in [2.45, 2.75) is 65.6 Å². The Morgan fingerprint density at radius 1 is 1.00 bits per heavy atom. The summed E-state index contributed by atoms with van der Waals surface area (Å²) in [5.41, 5.74) is 0. The summed E-state index contributed by atoms with van der Waals surface area (Å²) in [4.78, 5) is 0. The van der Waals surface area contributed by atoms with E-state index < -0.39 is 0 Å². The van der Waals surface area contributed by atoms with Crippen LogP contribution in [0.25, 0.3) is 0 Å². The van der Waals surface area contributed by atoms with Crippen molar-refractivity contribution in [1.82, 2.24) is 0 Å². The summed E-state index contributed by atoms with van der Waals surface area (Å²) in [5, 5.41) is 9.12. The quantitative estimate of drug-likeness (QED) is 0.783. The SMILES string of the molecule is CCCC1OC(CCO)C(CC)C(C)C1C. The summed E-state index contributed by atoms with van der Waals surface area (Å²) in [5.74, 6) is 1.99. The Balaban J connectivity index is 2.69. The average molecular weight is 228 g/mol. The number of hydrogen-bond donors (Lipinski definition) is 1. The third kappa shape index (κ3) is 2.98. The van der Waals surface area contributed by atoms with Gasteiger partial charge in [-0.2, -0.15) is 0 Å². The first-order chi connectivity index (χ1) is 7.65. The summed E-state index contributed by atoms with van der Waals surface area (Å²) in [7, 11) is 0. The van der Waals surface area contributed by atoms with Crippen LogP contribution in [0.3, 0.4) is 0 Å². The van der Waals surface area contributed by atoms with Gasteiger partial charge < -0.3 is 9.84 Å². The molecule has 1 fully saturated rings. The van der Waals surface area contributed by atoms with Crippen LogP contribution in [0.1, 0.15) is 53.4 Å². The molecule has 0 radical (unpaired) electrons. The maximum absolute atomic E-state index is 9.12. The van der Waals surface area contributed by atoms with Crippen molar-refractivity contribution in [3.63, 3.8) is 0 Å². The molecule has 2 heteroatoms. The molecule has 1 N–H and O–H groups in total. The Labute approximate surface area is 100 Å². The van der Waals surface area contributed by atoms with Crippen LogP contribution in [0, 0.1) is 17.8 Å². The molecule has 0 aromatic rings. The highest BCUT2D eigenvalue weighted by molar-refractivity contribution is 4.87. The normalized spacial score (nSPS) is 39.9. The smallest absolute Gasteiger partial charge is 0.0631 e. The molecule has 5 atom stereocenters. The van der Waals surface area contributed by atoms with Crippen LogP contribution in [0.4, 0.5) is 0 Å². The van der Waals surface area contributed by atoms with Gasteiger partial charge in [0.15, 0.2) is 0 Å². The summed E-state index contributed by atoms with van der Waals surface area (Å²) in [6.45, 7) is 9.38. The van der Waals surface area contributed by atoms with Crippen molar-refractivity contribution >= 4 is 0 Å². The number of aliphatic hydroxyl groups excluding tert-OH is 1. The molecule has 96 valence electrons. The Kier molecular flexibility index (Phi) is 5.77. The zero-order valence-electron chi connectivity index (χ0n) is 11.3. The number of aliphatic hydroxyl groups is 1. The highest BCUT2D eigenvalue weighted by Gasteiger charge is 2.39. The van der Waals surface area contributed by atoms with Crippen molar-refractivity contribution in [1.29, 1.82) is 0 Å². The maximum Gasteiger partial charge on any atom is 0.0631 e. The fourth-order valence-electron chi connectivity index (χ4n) is 3.18. The molecule has 1 rings (SSSR count). The average Bonchev–Trinajstić information content (AvgIpc) is 2.27. The highest BCUT2D eigenvalue weighted by Crippen LogP contribution is 2.39. The predicted molar refractivity (Wildman–Crippen MR) is 67.4 cm³/mol. The molecule has 1 saturated heterocycles. The van der Waals surface area contributed by atoms with Gasteiger partial charge in [-0.25, -0.2) is 0 Å². The van der Waals surface area contributed by atoms with E-state index in [0.717, 1.165) is 19.3 Å². The van der Waals surface area contributed by atoms with E-state index in [0.29, 0.717) is 23.9 Å². The Morgan fingerprint density at radius 2 is 1.69 bits per heavy atom. The van der Waals surface area contributed by atoms with Crippen LogP contribution in [0.5, 0.6) is 0 Å². The van der Waals surface area contributed by atoms with Crippen LogP contribution in [-0.4, -0.2) is 23.9 Å². The predicted octanol–water partition coefficient (Wildman–Crippen LogP) is 3.23. The van der Waals surface area contributed by atoms with E-state index in [9.17, 15) is 0 Å². The van der Waals surface area contributed by atoms with E-state index in [1.54, 1.807) is 0 Å². The summed E-state index contributed by atoms with van der Waals surface area (Å²) < 4.78 is 6.19. The maximum atomic E-state index is 9.12. The standard InChI is InChI=1S/C14H28O2/c1-5-7-13-11(4)10(3)12(6-2)14(16-13)8-9-15/h10-15H,5-9H2,1-4H3. The lowest BCUT2D eigenvalue weighted by molar-refractivity contribution is -0.146. The molecule has 0 amide bonds. The van der Waals surface area contributed by atoms with Gasteiger partial charge in [-0.3, -0.25) is 0 Å². The Hall–Kier alpha value is -0.0800. The Bertz CT molecular complexity index is 191. The Morgan fingerprint density at radius 3 is 2.19 bits per heavy atom. The zero-order valence-corrected chi connectivity index (χ0v) is 11.3. The van der Waals surface area contributed by atoms with E-state index in [1.807, 2.05) is 0 Å². The monoisotopic (exact) mass is 228 g/mol. The minimum Gasteiger partial charge on any atom is -0.396 e. The second-order valence-electron chi connectivity index (χ2n) is 5.30. The van der Waals surface area contributed by atoms with Crippen LogP contribution < -0.4 is 0 Å². The van der Waals surface area contributed by atoms with Crippen LogP contribution >= 0.6 is 0 Å². The number of ether oxygens (including phenoxy) is 1. The third-order valence-corrected chi connectivity index (χ3v) is 4.38. The van der Waals surface area contributed by atoms with E-state index in [4.69, 9.17) is 9.84 Å². The summed E-state index contributed by atoms with van der Waals surface area (Å²) >= 11 is 0. The number of hydrogen-bond acceptors (Lipinski definition) is 2. The van der Waals surface area contributed by atoms with Crippen molar-refractivity contribution in [2.24, 2.45) is 17.8 Å². The van der Waals surface area contributed by atoms with Gasteiger partial charge >= 0.3 is 0 Å².